The number of nitrogens with zero attached hydrogens (tertiary/aromatic N) is 1. The van der Waals surface area contributed by atoms with Gasteiger partial charge in [-0.05, 0) is 42.7 Å². The second-order valence-electron chi connectivity index (χ2n) is 4.49. The van der Waals surface area contributed by atoms with Gasteiger partial charge in [0.2, 0.25) is 0 Å². The molecule has 0 spiro atoms. The summed E-state index contributed by atoms with van der Waals surface area (Å²) in [5, 5.41) is 3.83. The smallest absolute Gasteiger partial charge is 0.193 e. The number of hydrogen-bond donors (Lipinski definition) is 2. The third-order valence-electron chi connectivity index (χ3n) is 2.87. The molecule has 0 unspecified atom stereocenters. The van der Waals surface area contributed by atoms with Crippen LogP contribution in [-0.2, 0) is 6.42 Å². The van der Waals surface area contributed by atoms with Crippen molar-refractivity contribution in [2.24, 2.45) is 10.7 Å². The minimum atomic E-state index is 0.451. The van der Waals surface area contributed by atoms with Gasteiger partial charge in [-0.25, -0.2) is 0 Å². The van der Waals surface area contributed by atoms with Crippen LogP contribution >= 0.6 is 11.6 Å². The number of aliphatic imine (C=N–C) groups is 1. The molecule has 20 heavy (non-hydrogen) atoms. The number of guanidine groups is 1. The average Bonchev–Trinajstić information content (AvgIpc) is 2.46. The van der Waals surface area contributed by atoms with Crippen LogP contribution in [0.3, 0.4) is 0 Å². The molecule has 0 saturated carbocycles. The Hall–Kier alpha value is -2.00. The molecule has 4 heteroatoms. The van der Waals surface area contributed by atoms with Crippen LogP contribution in [0.15, 0.2) is 59.6 Å². The minimum absolute atomic E-state index is 0.451. The number of rotatable bonds is 5. The fourth-order valence-corrected chi connectivity index (χ4v) is 1.97. The first-order valence-electron chi connectivity index (χ1n) is 6.60. The van der Waals surface area contributed by atoms with Crippen LogP contribution in [0.2, 0.25) is 5.02 Å². The van der Waals surface area contributed by atoms with Gasteiger partial charge in [0, 0.05) is 17.3 Å². The molecule has 0 aliphatic heterocycles. The third kappa shape index (κ3) is 4.94. The molecule has 3 N–H and O–H groups in total. The summed E-state index contributed by atoms with van der Waals surface area (Å²) in [7, 11) is 0. The van der Waals surface area contributed by atoms with E-state index >= 15 is 0 Å². The number of nitrogens with two attached hydrogens (primary N) is 1. The zero-order valence-electron chi connectivity index (χ0n) is 11.2. The molecule has 3 nitrogen and oxygen atoms in total. The molecule has 0 fully saturated rings. The number of benzene rings is 2. The number of halogens is 1. The molecule has 0 aliphatic carbocycles. The summed E-state index contributed by atoms with van der Waals surface area (Å²) in [5.41, 5.74) is 8.04. The molecule has 104 valence electrons. The van der Waals surface area contributed by atoms with E-state index in [1.54, 1.807) is 0 Å². The first-order chi connectivity index (χ1) is 9.74. The largest absolute Gasteiger partial charge is 0.370 e. The second-order valence-corrected chi connectivity index (χ2v) is 4.92. The van der Waals surface area contributed by atoms with Gasteiger partial charge in [0.1, 0.15) is 0 Å². The Morgan fingerprint density at radius 3 is 2.45 bits per heavy atom. The topological polar surface area (TPSA) is 50.4 Å². The molecule has 0 aromatic heterocycles. The van der Waals surface area contributed by atoms with Gasteiger partial charge in [-0.15, -0.1) is 0 Å². The number of anilines is 1. The van der Waals surface area contributed by atoms with Crippen LogP contribution in [0.4, 0.5) is 5.69 Å². The van der Waals surface area contributed by atoms with Gasteiger partial charge < -0.3 is 11.1 Å². The zero-order valence-corrected chi connectivity index (χ0v) is 12.0. The molecule has 0 saturated heterocycles. The SMILES string of the molecule is NC(=NCCCc1ccc(Cl)cc1)Nc1ccccc1. The second kappa shape index (κ2) is 7.56. The lowest BCUT2D eigenvalue weighted by atomic mass is 10.1. The highest BCUT2D eigenvalue weighted by atomic mass is 35.5. The Morgan fingerprint density at radius 1 is 1.05 bits per heavy atom. The van der Waals surface area contributed by atoms with E-state index in [1.165, 1.54) is 5.56 Å². The van der Waals surface area contributed by atoms with Crippen LogP contribution in [-0.4, -0.2) is 12.5 Å². The van der Waals surface area contributed by atoms with E-state index in [-0.39, 0.29) is 0 Å². The highest BCUT2D eigenvalue weighted by Crippen LogP contribution is 2.11. The van der Waals surface area contributed by atoms with Crippen molar-refractivity contribution in [3.8, 4) is 0 Å². The van der Waals surface area contributed by atoms with E-state index in [0.717, 1.165) is 23.6 Å². The summed E-state index contributed by atoms with van der Waals surface area (Å²) in [5.74, 6) is 0.451. The van der Waals surface area contributed by atoms with Gasteiger partial charge >= 0.3 is 0 Å². The standard InChI is InChI=1S/C16H18ClN3/c17-14-10-8-13(9-11-14)5-4-12-19-16(18)20-15-6-2-1-3-7-15/h1-3,6-11H,4-5,12H2,(H3,18,19,20). The summed E-state index contributed by atoms with van der Waals surface area (Å²) in [6.45, 7) is 0.703. The van der Waals surface area contributed by atoms with E-state index in [4.69, 9.17) is 17.3 Å². The number of nitrogens with one attached hydrogen (secondary N) is 1. The fraction of sp³-hybridized carbons (Fsp3) is 0.188. The van der Waals surface area contributed by atoms with Crippen molar-refractivity contribution in [1.82, 2.24) is 0 Å². The maximum absolute atomic E-state index is 5.84. The van der Waals surface area contributed by atoms with Crippen molar-refractivity contribution in [2.45, 2.75) is 12.8 Å². The monoisotopic (exact) mass is 287 g/mol. The minimum Gasteiger partial charge on any atom is -0.370 e. The van der Waals surface area contributed by atoms with Crippen molar-refractivity contribution >= 4 is 23.2 Å². The van der Waals surface area contributed by atoms with Gasteiger partial charge in [0.05, 0.1) is 0 Å². The highest BCUT2D eigenvalue weighted by Gasteiger charge is 1.95. The maximum atomic E-state index is 5.84. The summed E-state index contributed by atoms with van der Waals surface area (Å²) < 4.78 is 0. The molecular formula is C16H18ClN3. The summed E-state index contributed by atoms with van der Waals surface area (Å²) in [6.07, 6.45) is 1.93. The van der Waals surface area contributed by atoms with Crippen molar-refractivity contribution in [2.75, 3.05) is 11.9 Å². The predicted molar refractivity (Wildman–Crippen MR) is 86.3 cm³/mol. The predicted octanol–water partition coefficient (Wildman–Crippen LogP) is 3.70. The Balaban J connectivity index is 1.74. The number of hydrogen-bond acceptors (Lipinski definition) is 1. The Labute approximate surface area is 124 Å². The Kier molecular flexibility index (Phi) is 5.44. The van der Waals surface area contributed by atoms with Crippen LogP contribution in [0.1, 0.15) is 12.0 Å². The molecule has 2 aromatic carbocycles. The molecule has 2 rings (SSSR count). The first-order valence-corrected chi connectivity index (χ1v) is 6.98. The lowest BCUT2D eigenvalue weighted by Gasteiger charge is -2.05. The zero-order chi connectivity index (χ0) is 14.2. The van der Waals surface area contributed by atoms with E-state index < -0.39 is 0 Å². The van der Waals surface area contributed by atoms with Crippen LogP contribution in [0.5, 0.6) is 0 Å². The van der Waals surface area contributed by atoms with Crippen LogP contribution < -0.4 is 11.1 Å². The van der Waals surface area contributed by atoms with Gasteiger partial charge in [-0.2, -0.15) is 0 Å². The number of para-hydroxylation sites is 1. The molecule has 0 amide bonds. The average molecular weight is 288 g/mol. The lowest BCUT2D eigenvalue weighted by Crippen LogP contribution is -2.22. The van der Waals surface area contributed by atoms with Gasteiger partial charge in [0.25, 0.3) is 0 Å². The normalized spacial score (nSPS) is 11.3. The van der Waals surface area contributed by atoms with E-state index in [1.807, 2.05) is 54.6 Å². The van der Waals surface area contributed by atoms with E-state index in [9.17, 15) is 0 Å². The molecule has 0 radical (unpaired) electrons. The quantitative estimate of drug-likeness (QED) is 0.500. The van der Waals surface area contributed by atoms with E-state index in [2.05, 4.69) is 10.3 Å². The summed E-state index contributed by atoms with van der Waals surface area (Å²) >= 11 is 5.84. The number of aryl methyl sites for hydroxylation is 1. The highest BCUT2D eigenvalue weighted by molar-refractivity contribution is 6.30. The van der Waals surface area contributed by atoms with Crippen LogP contribution in [0.25, 0.3) is 0 Å². The Bertz CT molecular complexity index is 550. The van der Waals surface area contributed by atoms with Crippen molar-refractivity contribution < 1.29 is 0 Å². The van der Waals surface area contributed by atoms with Crippen molar-refractivity contribution in [3.05, 3.63) is 65.2 Å². The lowest BCUT2D eigenvalue weighted by molar-refractivity contribution is 0.832. The molecule has 0 atom stereocenters. The van der Waals surface area contributed by atoms with Crippen molar-refractivity contribution in [3.63, 3.8) is 0 Å². The van der Waals surface area contributed by atoms with Gasteiger partial charge in [0.15, 0.2) is 5.96 Å². The molecule has 0 bridgehead atoms. The molecular weight excluding hydrogens is 270 g/mol. The third-order valence-corrected chi connectivity index (χ3v) is 3.12. The van der Waals surface area contributed by atoms with Crippen molar-refractivity contribution in [1.29, 1.82) is 0 Å². The molecule has 0 heterocycles. The first kappa shape index (κ1) is 14.4. The van der Waals surface area contributed by atoms with Crippen LogP contribution in [0, 0.1) is 0 Å². The van der Waals surface area contributed by atoms with Gasteiger partial charge in [-0.3, -0.25) is 4.99 Å². The summed E-state index contributed by atoms with van der Waals surface area (Å²) in [6, 6.07) is 17.7. The molecule has 0 aliphatic rings. The summed E-state index contributed by atoms with van der Waals surface area (Å²) in [4.78, 5) is 4.31. The van der Waals surface area contributed by atoms with Gasteiger partial charge in [-0.1, -0.05) is 41.9 Å². The van der Waals surface area contributed by atoms with E-state index in [0.29, 0.717) is 12.5 Å². The molecule has 2 aromatic rings. The Morgan fingerprint density at radius 2 is 1.75 bits per heavy atom. The fourth-order valence-electron chi connectivity index (χ4n) is 1.84. The maximum Gasteiger partial charge on any atom is 0.193 e.